The number of nitrogens with zero attached hydrogens (tertiary/aromatic N) is 1. The number of benzene rings is 1. The van der Waals surface area contributed by atoms with Crippen LogP contribution in [0.2, 0.25) is 0 Å². The SMILES string of the molecule is CCCNc1cc(C2CCCC2)nc2cc(F)ccc12. The average Bonchev–Trinajstić information content (AvgIpc) is 2.98. The minimum absolute atomic E-state index is 0.213. The molecule has 1 aliphatic carbocycles. The zero-order valence-electron chi connectivity index (χ0n) is 12.0. The van der Waals surface area contributed by atoms with Crippen molar-refractivity contribution in [2.75, 3.05) is 11.9 Å². The Morgan fingerprint density at radius 3 is 2.80 bits per heavy atom. The van der Waals surface area contributed by atoms with E-state index in [1.54, 1.807) is 6.07 Å². The Labute approximate surface area is 119 Å². The maximum Gasteiger partial charge on any atom is 0.125 e. The molecule has 0 aliphatic heterocycles. The number of aromatic nitrogens is 1. The third kappa shape index (κ3) is 2.62. The van der Waals surface area contributed by atoms with Crippen LogP contribution in [-0.2, 0) is 0 Å². The molecule has 2 aromatic rings. The van der Waals surface area contributed by atoms with E-state index in [9.17, 15) is 4.39 Å². The Hall–Kier alpha value is -1.64. The fraction of sp³-hybridized carbons (Fsp3) is 0.471. The summed E-state index contributed by atoms with van der Waals surface area (Å²) >= 11 is 0. The summed E-state index contributed by atoms with van der Waals surface area (Å²) in [4.78, 5) is 4.71. The van der Waals surface area contributed by atoms with Gasteiger partial charge in [0.1, 0.15) is 5.82 Å². The van der Waals surface area contributed by atoms with Gasteiger partial charge in [0.15, 0.2) is 0 Å². The molecule has 0 spiro atoms. The molecule has 1 aliphatic rings. The normalized spacial score (nSPS) is 15.9. The Balaban J connectivity index is 2.07. The van der Waals surface area contributed by atoms with E-state index in [-0.39, 0.29) is 5.82 Å². The van der Waals surface area contributed by atoms with Crippen molar-refractivity contribution in [3.63, 3.8) is 0 Å². The molecule has 1 saturated carbocycles. The summed E-state index contributed by atoms with van der Waals surface area (Å²) in [5.41, 5.74) is 2.99. The fourth-order valence-corrected chi connectivity index (χ4v) is 3.06. The molecule has 2 nitrogen and oxygen atoms in total. The topological polar surface area (TPSA) is 24.9 Å². The number of fused-ring (bicyclic) bond motifs is 1. The zero-order valence-corrected chi connectivity index (χ0v) is 12.0. The second-order valence-corrected chi connectivity index (χ2v) is 5.66. The van der Waals surface area contributed by atoms with Crippen LogP contribution in [0, 0.1) is 5.82 Å². The Morgan fingerprint density at radius 2 is 2.05 bits per heavy atom. The smallest absolute Gasteiger partial charge is 0.125 e. The van der Waals surface area contributed by atoms with Gasteiger partial charge in [0.2, 0.25) is 0 Å². The number of halogens is 1. The lowest BCUT2D eigenvalue weighted by Gasteiger charge is -2.14. The molecule has 0 saturated heterocycles. The van der Waals surface area contributed by atoms with Crippen molar-refractivity contribution >= 4 is 16.6 Å². The number of hydrogen-bond acceptors (Lipinski definition) is 2. The maximum absolute atomic E-state index is 13.5. The Morgan fingerprint density at radius 1 is 1.25 bits per heavy atom. The van der Waals surface area contributed by atoms with Gasteiger partial charge in [0, 0.05) is 35.3 Å². The molecule has 0 amide bonds. The quantitative estimate of drug-likeness (QED) is 0.860. The van der Waals surface area contributed by atoms with Crippen LogP contribution >= 0.6 is 0 Å². The van der Waals surface area contributed by atoms with Crippen LogP contribution < -0.4 is 5.32 Å². The van der Waals surface area contributed by atoms with E-state index >= 15 is 0 Å². The molecule has 20 heavy (non-hydrogen) atoms. The predicted octanol–water partition coefficient (Wildman–Crippen LogP) is 4.85. The van der Waals surface area contributed by atoms with Crippen LogP contribution in [0.3, 0.4) is 0 Å². The van der Waals surface area contributed by atoms with Gasteiger partial charge in [0.25, 0.3) is 0 Å². The highest BCUT2D eigenvalue weighted by Gasteiger charge is 2.20. The van der Waals surface area contributed by atoms with Crippen molar-refractivity contribution in [1.82, 2.24) is 4.98 Å². The number of anilines is 1. The van der Waals surface area contributed by atoms with Gasteiger partial charge in [0.05, 0.1) is 5.52 Å². The van der Waals surface area contributed by atoms with Crippen LogP contribution in [0.5, 0.6) is 0 Å². The molecule has 0 atom stereocenters. The summed E-state index contributed by atoms with van der Waals surface area (Å²) in [7, 11) is 0. The lowest BCUT2D eigenvalue weighted by molar-refractivity contribution is 0.629. The van der Waals surface area contributed by atoms with Crippen LogP contribution in [-0.4, -0.2) is 11.5 Å². The highest BCUT2D eigenvalue weighted by molar-refractivity contribution is 5.91. The monoisotopic (exact) mass is 272 g/mol. The molecular formula is C17H21FN2. The van der Waals surface area contributed by atoms with E-state index in [0.29, 0.717) is 5.92 Å². The molecule has 1 N–H and O–H groups in total. The molecular weight excluding hydrogens is 251 g/mol. The lowest BCUT2D eigenvalue weighted by atomic mass is 10.0. The van der Waals surface area contributed by atoms with Crippen molar-refractivity contribution in [2.45, 2.75) is 44.9 Å². The number of rotatable bonds is 4. The first-order valence-electron chi connectivity index (χ1n) is 7.62. The van der Waals surface area contributed by atoms with Crippen molar-refractivity contribution in [1.29, 1.82) is 0 Å². The summed E-state index contributed by atoms with van der Waals surface area (Å²) in [5.74, 6) is 0.333. The van der Waals surface area contributed by atoms with Crippen LogP contribution in [0.25, 0.3) is 10.9 Å². The van der Waals surface area contributed by atoms with Crippen molar-refractivity contribution in [3.05, 3.63) is 35.8 Å². The van der Waals surface area contributed by atoms with E-state index in [1.165, 1.54) is 31.7 Å². The minimum atomic E-state index is -0.213. The summed E-state index contributed by atoms with van der Waals surface area (Å²) < 4.78 is 13.5. The van der Waals surface area contributed by atoms with Crippen molar-refractivity contribution in [2.24, 2.45) is 0 Å². The van der Waals surface area contributed by atoms with E-state index in [0.717, 1.165) is 35.2 Å². The van der Waals surface area contributed by atoms with Gasteiger partial charge >= 0.3 is 0 Å². The Bertz CT molecular complexity index is 603. The van der Waals surface area contributed by atoms with Gasteiger partial charge in [-0.25, -0.2) is 4.39 Å². The summed E-state index contributed by atoms with van der Waals surface area (Å²) in [5, 5.41) is 4.47. The molecule has 1 heterocycles. The van der Waals surface area contributed by atoms with Gasteiger partial charge < -0.3 is 5.32 Å². The highest BCUT2D eigenvalue weighted by atomic mass is 19.1. The zero-order chi connectivity index (χ0) is 13.9. The van der Waals surface area contributed by atoms with Gasteiger partial charge in [-0.1, -0.05) is 19.8 Å². The third-order valence-electron chi connectivity index (χ3n) is 4.13. The second-order valence-electron chi connectivity index (χ2n) is 5.66. The first-order chi connectivity index (χ1) is 9.78. The van der Waals surface area contributed by atoms with Gasteiger partial charge in [-0.05, 0) is 37.5 Å². The molecule has 1 aromatic carbocycles. The molecule has 0 bridgehead atoms. The molecule has 3 heteroatoms. The fourth-order valence-electron chi connectivity index (χ4n) is 3.06. The van der Waals surface area contributed by atoms with Gasteiger partial charge in [-0.3, -0.25) is 4.98 Å². The van der Waals surface area contributed by atoms with E-state index in [4.69, 9.17) is 4.98 Å². The standard InChI is InChI=1S/C17H21FN2/c1-2-9-19-16-11-15(12-5-3-4-6-12)20-17-10-13(18)7-8-14(16)17/h7-8,10-12H,2-6,9H2,1H3,(H,19,20). The van der Waals surface area contributed by atoms with E-state index in [1.807, 2.05) is 6.07 Å². The van der Waals surface area contributed by atoms with Crippen LogP contribution in [0.1, 0.15) is 50.6 Å². The van der Waals surface area contributed by atoms with Gasteiger partial charge in [-0.2, -0.15) is 0 Å². The summed E-state index contributed by atoms with van der Waals surface area (Å²) in [6.45, 7) is 3.08. The van der Waals surface area contributed by atoms with Crippen LogP contribution in [0.4, 0.5) is 10.1 Å². The van der Waals surface area contributed by atoms with Crippen molar-refractivity contribution in [3.8, 4) is 0 Å². The first-order valence-corrected chi connectivity index (χ1v) is 7.62. The number of hydrogen-bond donors (Lipinski definition) is 1. The van der Waals surface area contributed by atoms with E-state index < -0.39 is 0 Å². The average molecular weight is 272 g/mol. The number of nitrogens with one attached hydrogen (secondary N) is 1. The van der Waals surface area contributed by atoms with Crippen molar-refractivity contribution < 1.29 is 4.39 Å². The Kier molecular flexibility index (Phi) is 3.86. The number of pyridine rings is 1. The second kappa shape index (κ2) is 5.78. The lowest BCUT2D eigenvalue weighted by Crippen LogP contribution is -2.04. The summed E-state index contributed by atoms with van der Waals surface area (Å²) in [6.07, 6.45) is 6.06. The van der Waals surface area contributed by atoms with Gasteiger partial charge in [-0.15, -0.1) is 0 Å². The third-order valence-corrected chi connectivity index (χ3v) is 4.13. The summed E-state index contributed by atoms with van der Waals surface area (Å²) in [6, 6.07) is 7.06. The molecule has 0 radical (unpaired) electrons. The molecule has 0 unspecified atom stereocenters. The van der Waals surface area contributed by atoms with Crippen LogP contribution in [0.15, 0.2) is 24.3 Å². The molecule has 1 fully saturated rings. The molecule has 3 rings (SSSR count). The molecule has 1 aromatic heterocycles. The largest absolute Gasteiger partial charge is 0.384 e. The maximum atomic E-state index is 13.5. The predicted molar refractivity (Wildman–Crippen MR) is 81.7 cm³/mol. The first kappa shape index (κ1) is 13.3. The highest BCUT2D eigenvalue weighted by Crippen LogP contribution is 2.36. The molecule has 106 valence electrons. The minimum Gasteiger partial charge on any atom is -0.384 e. The van der Waals surface area contributed by atoms with E-state index in [2.05, 4.69) is 18.3 Å².